The van der Waals surface area contributed by atoms with E-state index >= 15 is 0 Å². The molecule has 2 unspecified atom stereocenters. The maximum atomic E-state index is 9.65. The summed E-state index contributed by atoms with van der Waals surface area (Å²) in [4.78, 5) is 0. The Balaban J connectivity index is 3.51. The van der Waals surface area contributed by atoms with Crippen LogP contribution in [-0.4, -0.2) is 50.7 Å². The lowest BCUT2D eigenvalue weighted by molar-refractivity contribution is 0.0123. The number of ether oxygens (including phenoxy) is 2. The fourth-order valence-corrected chi connectivity index (χ4v) is 1.56. The zero-order chi connectivity index (χ0) is 12.4. The molecule has 4 nitrogen and oxygen atoms in total. The summed E-state index contributed by atoms with van der Waals surface area (Å²) in [5.74, 6) is 0.589. The molecule has 0 aliphatic rings. The van der Waals surface area contributed by atoms with E-state index in [0.717, 1.165) is 6.42 Å². The molecule has 0 bridgehead atoms. The zero-order valence-corrected chi connectivity index (χ0v) is 11.0. The molecule has 0 aliphatic heterocycles. The molecule has 2 atom stereocenters. The van der Waals surface area contributed by atoms with Crippen molar-refractivity contribution < 1.29 is 14.6 Å². The molecule has 0 heterocycles. The molecular formula is C12H27NO3. The van der Waals surface area contributed by atoms with Crippen molar-refractivity contribution in [3.05, 3.63) is 0 Å². The minimum absolute atomic E-state index is 0.366. The highest BCUT2D eigenvalue weighted by atomic mass is 16.5. The smallest absolute Gasteiger partial charge is 0.0897 e. The van der Waals surface area contributed by atoms with Gasteiger partial charge in [-0.3, -0.25) is 0 Å². The molecule has 0 spiro atoms. The molecule has 0 aromatic carbocycles. The van der Waals surface area contributed by atoms with Crippen LogP contribution in [0, 0.1) is 5.92 Å². The van der Waals surface area contributed by atoms with Gasteiger partial charge in [0.2, 0.25) is 0 Å². The van der Waals surface area contributed by atoms with E-state index in [1.165, 1.54) is 0 Å². The van der Waals surface area contributed by atoms with Crippen LogP contribution in [-0.2, 0) is 9.47 Å². The lowest BCUT2D eigenvalue weighted by atomic mass is 10.0. The average Bonchev–Trinajstić information content (AvgIpc) is 2.25. The maximum Gasteiger partial charge on any atom is 0.0897 e. The van der Waals surface area contributed by atoms with E-state index in [2.05, 4.69) is 26.1 Å². The number of aliphatic hydroxyl groups excluding tert-OH is 1. The van der Waals surface area contributed by atoms with Crippen molar-refractivity contribution in [2.75, 3.05) is 33.5 Å². The van der Waals surface area contributed by atoms with Crippen LogP contribution < -0.4 is 5.32 Å². The molecular weight excluding hydrogens is 206 g/mol. The van der Waals surface area contributed by atoms with Crippen molar-refractivity contribution in [2.45, 2.75) is 39.3 Å². The molecule has 16 heavy (non-hydrogen) atoms. The van der Waals surface area contributed by atoms with E-state index in [-0.39, 0.29) is 0 Å². The summed E-state index contributed by atoms with van der Waals surface area (Å²) in [5, 5.41) is 13.0. The largest absolute Gasteiger partial charge is 0.389 e. The van der Waals surface area contributed by atoms with Gasteiger partial charge in [-0.05, 0) is 12.3 Å². The van der Waals surface area contributed by atoms with Gasteiger partial charge >= 0.3 is 0 Å². The van der Waals surface area contributed by atoms with Crippen LogP contribution in [0.2, 0.25) is 0 Å². The zero-order valence-electron chi connectivity index (χ0n) is 11.0. The number of aliphatic hydroxyl groups is 1. The van der Waals surface area contributed by atoms with Gasteiger partial charge in [0.25, 0.3) is 0 Å². The Labute approximate surface area is 99.3 Å². The van der Waals surface area contributed by atoms with Crippen molar-refractivity contribution in [3.63, 3.8) is 0 Å². The molecule has 0 aromatic heterocycles. The lowest BCUT2D eigenvalue weighted by Crippen LogP contribution is -2.40. The molecule has 0 rings (SSSR count). The van der Waals surface area contributed by atoms with Crippen LogP contribution in [0.25, 0.3) is 0 Å². The Bertz CT molecular complexity index is 153. The summed E-state index contributed by atoms with van der Waals surface area (Å²) in [6.45, 7) is 8.58. The minimum atomic E-state index is -0.440. The highest BCUT2D eigenvalue weighted by Crippen LogP contribution is 2.04. The highest BCUT2D eigenvalue weighted by molar-refractivity contribution is 4.70. The van der Waals surface area contributed by atoms with E-state index in [1.54, 1.807) is 7.11 Å². The summed E-state index contributed by atoms with van der Waals surface area (Å²) in [6, 6.07) is 0.466. The molecule has 98 valence electrons. The van der Waals surface area contributed by atoms with Crippen LogP contribution in [0.3, 0.4) is 0 Å². The Morgan fingerprint density at radius 2 is 1.94 bits per heavy atom. The second-order valence-electron chi connectivity index (χ2n) is 4.39. The van der Waals surface area contributed by atoms with Gasteiger partial charge in [0.15, 0.2) is 0 Å². The molecule has 0 aromatic rings. The topological polar surface area (TPSA) is 50.7 Å². The normalized spacial score (nSPS) is 15.4. The Hall–Kier alpha value is -0.160. The molecule has 0 saturated heterocycles. The van der Waals surface area contributed by atoms with Gasteiger partial charge in [-0.15, -0.1) is 0 Å². The van der Waals surface area contributed by atoms with Gasteiger partial charge in [-0.2, -0.15) is 0 Å². The number of hydrogen-bond donors (Lipinski definition) is 2. The van der Waals surface area contributed by atoms with Gasteiger partial charge in [0.05, 0.1) is 25.9 Å². The highest BCUT2D eigenvalue weighted by Gasteiger charge is 2.12. The van der Waals surface area contributed by atoms with Crippen molar-refractivity contribution in [1.82, 2.24) is 5.32 Å². The van der Waals surface area contributed by atoms with Gasteiger partial charge < -0.3 is 19.9 Å². The predicted molar refractivity (Wildman–Crippen MR) is 65.6 cm³/mol. The average molecular weight is 233 g/mol. The summed E-state index contributed by atoms with van der Waals surface area (Å²) < 4.78 is 10.1. The van der Waals surface area contributed by atoms with Crippen LogP contribution in [0.1, 0.15) is 27.2 Å². The van der Waals surface area contributed by atoms with Gasteiger partial charge in [0, 0.05) is 19.7 Å². The second kappa shape index (κ2) is 10.0. The molecule has 0 fully saturated rings. The van der Waals surface area contributed by atoms with Gasteiger partial charge in [0.1, 0.15) is 0 Å². The second-order valence-corrected chi connectivity index (χ2v) is 4.39. The number of nitrogens with one attached hydrogen (secondary N) is 1. The first-order chi connectivity index (χ1) is 7.61. The quantitative estimate of drug-likeness (QED) is 0.553. The lowest BCUT2D eigenvalue weighted by Gasteiger charge is -2.22. The fraction of sp³-hybridized carbons (Fsp3) is 1.00. The van der Waals surface area contributed by atoms with E-state index in [9.17, 15) is 5.11 Å². The molecule has 2 N–H and O–H groups in total. The number of hydrogen-bond acceptors (Lipinski definition) is 4. The molecule has 0 saturated carbocycles. The molecule has 4 heteroatoms. The van der Waals surface area contributed by atoms with Crippen LogP contribution in [0.5, 0.6) is 0 Å². The monoisotopic (exact) mass is 233 g/mol. The third kappa shape index (κ3) is 8.05. The summed E-state index contributed by atoms with van der Waals surface area (Å²) in [5.41, 5.74) is 0. The molecule has 0 aliphatic carbocycles. The van der Waals surface area contributed by atoms with E-state index in [4.69, 9.17) is 9.47 Å². The number of rotatable bonds is 10. The van der Waals surface area contributed by atoms with E-state index in [0.29, 0.717) is 38.3 Å². The first kappa shape index (κ1) is 15.8. The first-order valence-electron chi connectivity index (χ1n) is 6.09. The predicted octanol–water partition coefficient (Wildman–Crippen LogP) is 1.03. The van der Waals surface area contributed by atoms with Crippen LogP contribution in [0.15, 0.2) is 0 Å². The Morgan fingerprint density at radius 1 is 1.25 bits per heavy atom. The van der Waals surface area contributed by atoms with Crippen molar-refractivity contribution >= 4 is 0 Å². The molecule has 0 radical (unpaired) electrons. The minimum Gasteiger partial charge on any atom is -0.389 e. The van der Waals surface area contributed by atoms with Crippen molar-refractivity contribution in [1.29, 1.82) is 0 Å². The van der Waals surface area contributed by atoms with Gasteiger partial charge in [-0.25, -0.2) is 0 Å². The van der Waals surface area contributed by atoms with E-state index < -0.39 is 6.10 Å². The third-order valence-corrected chi connectivity index (χ3v) is 2.60. The summed E-state index contributed by atoms with van der Waals surface area (Å²) in [6.07, 6.45) is 0.638. The Kier molecular flexibility index (Phi) is 9.92. The maximum absolute atomic E-state index is 9.65. The standard InChI is InChI=1S/C12H27NO3/c1-5-12(10(2)3)13-8-11(14)9-16-7-6-15-4/h10-14H,5-9H2,1-4H3. The third-order valence-electron chi connectivity index (χ3n) is 2.60. The summed E-state index contributed by atoms with van der Waals surface area (Å²) >= 11 is 0. The first-order valence-corrected chi connectivity index (χ1v) is 6.09. The fourth-order valence-electron chi connectivity index (χ4n) is 1.56. The number of methoxy groups -OCH3 is 1. The SMILES string of the molecule is CCC(NCC(O)COCCOC)C(C)C. The van der Waals surface area contributed by atoms with Crippen molar-refractivity contribution in [2.24, 2.45) is 5.92 Å². The molecule has 0 amide bonds. The van der Waals surface area contributed by atoms with Crippen LogP contribution in [0.4, 0.5) is 0 Å². The summed E-state index contributed by atoms with van der Waals surface area (Å²) in [7, 11) is 1.63. The van der Waals surface area contributed by atoms with Gasteiger partial charge in [-0.1, -0.05) is 20.8 Å². The Morgan fingerprint density at radius 3 is 2.44 bits per heavy atom. The van der Waals surface area contributed by atoms with Crippen molar-refractivity contribution in [3.8, 4) is 0 Å². The van der Waals surface area contributed by atoms with E-state index in [1.807, 2.05) is 0 Å². The van der Waals surface area contributed by atoms with Crippen LogP contribution >= 0.6 is 0 Å².